The van der Waals surface area contributed by atoms with E-state index in [0.29, 0.717) is 11.3 Å². The van der Waals surface area contributed by atoms with Crippen LogP contribution in [0.2, 0.25) is 0 Å². The van der Waals surface area contributed by atoms with Crippen molar-refractivity contribution in [1.82, 2.24) is 0 Å². The Morgan fingerprint density at radius 1 is 1.04 bits per heavy atom. The van der Waals surface area contributed by atoms with Crippen molar-refractivity contribution in [3.05, 3.63) is 87.6 Å². The standard InChI is InChI=1S/C19H13BrO3/c1-12-2-4-14(5-3-12)18-11-17(22)19(23-18)10-16(21)13-6-8-15(20)9-7-13/h2-11H,1H3. The first kappa shape index (κ1) is 15.4. The van der Waals surface area contributed by atoms with Crippen LogP contribution in [0.4, 0.5) is 0 Å². The van der Waals surface area contributed by atoms with E-state index < -0.39 is 0 Å². The molecule has 0 bridgehead atoms. The minimum absolute atomic E-state index is 0.0495. The zero-order chi connectivity index (χ0) is 16.4. The van der Waals surface area contributed by atoms with Crippen molar-refractivity contribution in [2.24, 2.45) is 0 Å². The van der Waals surface area contributed by atoms with Gasteiger partial charge in [0.05, 0.1) is 0 Å². The van der Waals surface area contributed by atoms with Gasteiger partial charge in [-0.3, -0.25) is 9.59 Å². The van der Waals surface area contributed by atoms with Crippen LogP contribution in [0.3, 0.4) is 0 Å². The molecule has 0 saturated carbocycles. The van der Waals surface area contributed by atoms with Gasteiger partial charge in [-0.15, -0.1) is 0 Å². The molecule has 0 aromatic heterocycles. The van der Waals surface area contributed by atoms with Crippen LogP contribution in [-0.4, -0.2) is 11.6 Å². The van der Waals surface area contributed by atoms with Crippen LogP contribution in [0.15, 0.2) is 70.9 Å². The summed E-state index contributed by atoms with van der Waals surface area (Å²) >= 11 is 3.32. The smallest absolute Gasteiger partial charge is 0.224 e. The fourth-order valence-electron chi connectivity index (χ4n) is 2.17. The van der Waals surface area contributed by atoms with E-state index in [2.05, 4.69) is 15.9 Å². The number of ketones is 2. The van der Waals surface area contributed by atoms with Gasteiger partial charge in [0.25, 0.3) is 0 Å². The van der Waals surface area contributed by atoms with Gasteiger partial charge >= 0.3 is 0 Å². The van der Waals surface area contributed by atoms with E-state index in [0.717, 1.165) is 15.6 Å². The summed E-state index contributed by atoms with van der Waals surface area (Å²) in [6.45, 7) is 1.99. The molecule has 114 valence electrons. The number of carbonyl (C=O) groups is 2. The molecule has 1 heterocycles. The predicted octanol–water partition coefficient (Wildman–Crippen LogP) is 4.46. The molecular formula is C19H13BrO3. The van der Waals surface area contributed by atoms with Gasteiger partial charge in [-0.25, -0.2) is 0 Å². The Labute approximate surface area is 142 Å². The van der Waals surface area contributed by atoms with Crippen molar-refractivity contribution in [1.29, 1.82) is 0 Å². The monoisotopic (exact) mass is 368 g/mol. The van der Waals surface area contributed by atoms with Gasteiger partial charge in [0.1, 0.15) is 5.76 Å². The van der Waals surface area contributed by atoms with Gasteiger partial charge in [-0.2, -0.15) is 0 Å². The van der Waals surface area contributed by atoms with Gasteiger partial charge in [0, 0.05) is 27.8 Å². The minimum atomic E-state index is -0.300. The van der Waals surface area contributed by atoms with E-state index in [1.54, 1.807) is 24.3 Å². The van der Waals surface area contributed by atoms with Crippen molar-refractivity contribution < 1.29 is 14.3 Å². The summed E-state index contributed by atoms with van der Waals surface area (Å²) < 4.78 is 6.45. The van der Waals surface area contributed by atoms with Crippen LogP contribution in [0.1, 0.15) is 21.5 Å². The number of hydrogen-bond donors (Lipinski definition) is 0. The summed E-state index contributed by atoms with van der Waals surface area (Å²) in [6, 6.07) is 14.6. The fourth-order valence-corrected chi connectivity index (χ4v) is 2.43. The molecule has 0 spiro atoms. The topological polar surface area (TPSA) is 43.4 Å². The minimum Gasteiger partial charge on any atom is -0.452 e. The summed E-state index contributed by atoms with van der Waals surface area (Å²) in [5.41, 5.74) is 2.43. The lowest BCUT2D eigenvalue weighted by atomic mass is 10.1. The zero-order valence-corrected chi connectivity index (χ0v) is 14.0. The normalized spacial score (nSPS) is 15.5. The van der Waals surface area contributed by atoms with Gasteiger partial charge in [0.2, 0.25) is 5.78 Å². The summed E-state index contributed by atoms with van der Waals surface area (Å²) in [5, 5.41) is 0. The van der Waals surface area contributed by atoms with Gasteiger partial charge in [-0.1, -0.05) is 45.8 Å². The Balaban J connectivity index is 1.80. The second kappa shape index (κ2) is 6.34. The zero-order valence-electron chi connectivity index (χ0n) is 12.4. The number of allylic oxidation sites excluding steroid dienone is 2. The first-order valence-electron chi connectivity index (χ1n) is 7.05. The van der Waals surface area contributed by atoms with Crippen molar-refractivity contribution in [2.45, 2.75) is 6.92 Å². The molecule has 0 unspecified atom stereocenters. The Hall–Kier alpha value is -2.46. The van der Waals surface area contributed by atoms with Crippen molar-refractivity contribution in [3.63, 3.8) is 0 Å². The molecule has 0 radical (unpaired) electrons. The maximum absolute atomic E-state index is 12.2. The van der Waals surface area contributed by atoms with Crippen molar-refractivity contribution >= 4 is 33.3 Å². The molecule has 23 heavy (non-hydrogen) atoms. The van der Waals surface area contributed by atoms with E-state index >= 15 is 0 Å². The number of carbonyl (C=O) groups excluding carboxylic acids is 2. The molecule has 4 heteroatoms. The summed E-state index contributed by atoms with van der Waals surface area (Å²) in [6.07, 6.45) is 2.65. The Kier molecular flexibility index (Phi) is 4.26. The van der Waals surface area contributed by atoms with Gasteiger partial charge in [0.15, 0.2) is 11.5 Å². The Bertz CT molecular complexity index is 828. The molecule has 3 nitrogen and oxygen atoms in total. The second-order valence-corrected chi connectivity index (χ2v) is 6.14. The highest BCUT2D eigenvalue weighted by atomic mass is 79.9. The molecule has 2 aromatic carbocycles. The first-order chi connectivity index (χ1) is 11.0. The average molecular weight is 369 g/mol. The predicted molar refractivity (Wildman–Crippen MR) is 91.8 cm³/mol. The highest BCUT2D eigenvalue weighted by Crippen LogP contribution is 2.27. The number of rotatable bonds is 3. The highest BCUT2D eigenvalue weighted by molar-refractivity contribution is 9.10. The number of ether oxygens (including phenoxy) is 1. The SMILES string of the molecule is Cc1ccc(C2=CC(=O)C(=CC(=O)c3ccc(Br)cc3)O2)cc1. The average Bonchev–Trinajstić information content (AvgIpc) is 2.89. The lowest BCUT2D eigenvalue weighted by molar-refractivity contribution is -0.112. The van der Waals surface area contributed by atoms with Crippen molar-refractivity contribution in [3.8, 4) is 0 Å². The molecule has 3 rings (SSSR count). The largest absolute Gasteiger partial charge is 0.452 e. The van der Waals surface area contributed by atoms with Crippen LogP contribution in [-0.2, 0) is 9.53 Å². The maximum Gasteiger partial charge on any atom is 0.224 e. The summed E-state index contributed by atoms with van der Waals surface area (Å²) in [5.74, 6) is -0.0520. The summed E-state index contributed by atoms with van der Waals surface area (Å²) in [4.78, 5) is 24.2. The van der Waals surface area contributed by atoms with Crippen LogP contribution in [0.5, 0.6) is 0 Å². The van der Waals surface area contributed by atoms with Gasteiger partial charge in [-0.05, 0) is 31.2 Å². The lowest BCUT2D eigenvalue weighted by Crippen LogP contribution is -2.01. The Morgan fingerprint density at radius 3 is 2.35 bits per heavy atom. The highest BCUT2D eigenvalue weighted by Gasteiger charge is 2.23. The third-order valence-electron chi connectivity index (χ3n) is 3.45. The Morgan fingerprint density at radius 2 is 1.70 bits per heavy atom. The molecule has 0 amide bonds. The molecule has 2 aromatic rings. The van der Waals surface area contributed by atoms with Crippen molar-refractivity contribution in [2.75, 3.05) is 0 Å². The molecule has 0 saturated heterocycles. The molecule has 1 aliphatic heterocycles. The molecule has 0 atom stereocenters. The third kappa shape index (κ3) is 3.48. The fraction of sp³-hybridized carbons (Fsp3) is 0.0526. The van der Waals surface area contributed by atoms with E-state index in [1.165, 1.54) is 12.2 Å². The summed E-state index contributed by atoms with van der Waals surface area (Å²) in [7, 11) is 0. The molecular weight excluding hydrogens is 356 g/mol. The second-order valence-electron chi connectivity index (χ2n) is 5.22. The number of halogens is 1. The lowest BCUT2D eigenvalue weighted by Gasteiger charge is -2.04. The molecule has 0 N–H and O–H groups in total. The van der Waals surface area contributed by atoms with Crippen LogP contribution < -0.4 is 0 Å². The number of benzene rings is 2. The van der Waals surface area contributed by atoms with E-state index in [4.69, 9.17) is 4.74 Å². The number of aryl methyl sites for hydroxylation is 1. The molecule has 0 fully saturated rings. The third-order valence-corrected chi connectivity index (χ3v) is 3.98. The molecule has 1 aliphatic rings. The van der Waals surface area contributed by atoms with Gasteiger partial charge < -0.3 is 4.74 Å². The van der Waals surface area contributed by atoms with E-state index in [1.807, 2.05) is 31.2 Å². The van der Waals surface area contributed by atoms with Crippen LogP contribution in [0.25, 0.3) is 5.76 Å². The number of hydrogen-bond acceptors (Lipinski definition) is 3. The van der Waals surface area contributed by atoms with Crippen LogP contribution >= 0.6 is 15.9 Å². The van der Waals surface area contributed by atoms with E-state index in [9.17, 15) is 9.59 Å². The van der Waals surface area contributed by atoms with E-state index in [-0.39, 0.29) is 17.3 Å². The first-order valence-corrected chi connectivity index (χ1v) is 7.85. The quantitative estimate of drug-likeness (QED) is 0.593. The maximum atomic E-state index is 12.2. The van der Waals surface area contributed by atoms with Crippen LogP contribution in [0, 0.1) is 6.92 Å². The molecule has 0 aliphatic carbocycles.